The molecule has 1 aliphatic heterocycles. The lowest BCUT2D eigenvalue weighted by atomic mass is 9.74. The number of hydrogen-bond acceptors (Lipinski definition) is 5. The molecule has 0 unspecified atom stereocenters. The maximum Gasteiger partial charge on any atom is 0.127 e. The number of pyridine rings is 1. The number of aliphatic hydroxyl groups excluding tert-OH is 1. The van der Waals surface area contributed by atoms with E-state index in [1.165, 1.54) is 12.3 Å². The number of thioether (sulfide) groups is 1. The average Bonchev–Trinajstić information content (AvgIpc) is 2.90. The van der Waals surface area contributed by atoms with Crippen molar-refractivity contribution in [2.75, 3.05) is 39.1 Å². The van der Waals surface area contributed by atoms with Crippen molar-refractivity contribution < 1.29 is 18.6 Å². The fourth-order valence-corrected chi connectivity index (χ4v) is 6.11. The van der Waals surface area contributed by atoms with E-state index in [9.17, 15) is 9.50 Å². The number of piperidine rings is 1. The molecule has 3 aromatic rings. The minimum Gasteiger partial charge on any atom is -0.497 e. The number of likely N-dealkylation sites (tertiary alicyclic amines) is 1. The molecule has 1 atom stereocenters. The monoisotopic (exact) mass is 534 g/mol. The van der Waals surface area contributed by atoms with Crippen molar-refractivity contribution in [2.24, 2.45) is 5.41 Å². The lowest BCUT2D eigenvalue weighted by Crippen LogP contribution is -2.42. The topological polar surface area (TPSA) is 45.6 Å². The number of aromatic nitrogens is 1. The van der Waals surface area contributed by atoms with Crippen LogP contribution in [0, 0.1) is 11.2 Å². The molecule has 0 spiro atoms. The van der Waals surface area contributed by atoms with Gasteiger partial charge in [-0.1, -0.05) is 17.7 Å². The number of nitrogens with zero attached hydrogens (tertiary/aromatic N) is 2. The SMILES string of the molecule is COc1ccc2ncc(Cl)c([C@@H](F)CCC3(CO)CCN(CCCSc4cccc(F)c4)CC3)c2c1. The third-order valence-corrected chi connectivity index (χ3v) is 8.63. The number of alkyl halides is 1. The van der Waals surface area contributed by atoms with Crippen molar-refractivity contribution in [3.05, 3.63) is 65.1 Å². The molecule has 2 aromatic carbocycles. The van der Waals surface area contributed by atoms with Crippen molar-refractivity contribution in [1.82, 2.24) is 9.88 Å². The van der Waals surface area contributed by atoms with E-state index >= 15 is 4.39 Å². The second-order valence-corrected chi connectivity index (χ2v) is 11.1. The third-order valence-electron chi connectivity index (χ3n) is 7.25. The minimum atomic E-state index is -1.25. The Bertz CT molecular complexity index is 1160. The van der Waals surface area contributed by atoms with Crippen LogP contribution in [0.3, 0.4) is 0 Å². The Morgan fingerprint density at radius 3 is 2.75 bits per heavy atom. The molecule has 1 aliphatic rings. The van der Waals surface area contributed by atoms with Gasteiger partial charge in [-0.05, 0) is 99.3 Å². The molecule has 0 bridgehead atoms. The maximum atomic E-state index is 15.6. The average molecular weight is 535 g/mol. The van der Waals surface area contributed by atoms with Crippen LogP contribution in [0.25, 0.3) is 10.9 Å². The van der Waals surface area contributed by atoms with Gasteiger partial charge in [-0.3, -0.25) is 4.98 Å². The first-order valence-corrected chi connectivity index (χ1v) is 13.8. The highest BCUT2D eigenvalue weighted by atomic mass is 35.5. The summed E-state index contributed by atoms with van der Waals surface area (Å²) in [6.45, 7) is 2.80. The second-order valence-electron chi connectivity index (χ2n) is 9.57. The molecule has 1 aromatic heterocycles. The number of benzene rings is 2. The quantitative estimate of drug-likeness (QED) is 0.210. The Hall–Kier alpha value is -1.93. The highest BCUT2D eigenvalue weighted by molar-refractivity contribution is 7.99. The maximum absolute atomic E-state index is 15.6. The van der Waals surface area contributed by atoms with E-state index < -0.39 is 6.17 Å². The van der Waals surface area contributed by atoms with Crippen molar-refractivity contribution in [3.8, 4) is 5.75 Å². The van der Waals surface area contributed by atoms with Crippen molar-refractivity contribution in [1.29, 1.82) is 0 Å². The Morgan fingerprint density at radius 2 is 2.03 bits per heavy atom. The van der Waals surface area contributed by atoms with Crippen LogP contribution in [0.15, 0.2) is 53.6 Å². The summed E-state index contributed by atoms with van der Waals surface area (Å²) in [6, 6.07) is 12.1. The van der Waals surface area contributed by atoms with E-state index in [2.05, 4.69) is 9.88 Å². The molecule has 1 fully saturated rings. The summed E-state index contributed by atoms with van der Waals surface area (Å²) in [5.74, 6) is 1.36. The van der Waals surface area contributed by atoms with Crippen molar-refractivity contribution in [3.63, 3.8) is 0 Å². The Kier molecular flexibility index (Phi) is 9.45. The number of aliphatic hydroxyl groups is 1. The van der Waals surface area contributed by atoms with Gasteiger partial charge in [0, 0.05) is 28.6 Å². The largest absolute Gasteiger partial charge is 0.497 e. The summed E-state index contributed by atoms with van der Waals surface area (Å²) in [6.07, 6.45) is 3.83. The predicted molar refractivity (Wildman–Crippen MR) is 143 cm³/mol. The number of methoxy groups -OCH3 is 1. The lowest BCUT2D eigenvalue weighted by molar-refractivity contribution is 0.0304. The van der Waals surface area contributed by atoms with Crippen LogP contribution in [0.4, 0.5) is 8.78 Å². The highest BCUT2D eigenvalue weighted by Gasteiger charge is 2.35. The van der Waals surface area contributed by atoms with Crippen molar-refractivity contribution in [2.45, 2.75) is 43.2 Å². The van der Waals surface area contributed by atoms with Gasteiger partial charge in [-0.25, -0.2) is 8.78 Å². The van der Waals surface area contributed by atoms with Crippen LogP contribution in [-0.4, -0.2) is 54.1 Å². The van der Waals surface area contributed by atoms with Crippen LogP contribution in [-0.2, 0) is 0 Å². The number of hydrogen-bond donors (Lipinski definition) is 1. The molecular weight excluding hydrogens is 502 g/mol. The Morgan fingerprint density at radius 1 is 1.22 bits per heavy atom. The summed E-state index contributed by atoms with van der Waals surface area (Å²) in [7, 11) is 1.58. The van der Waals surface area contributed by atoms with E-state index in [-0.39, 0.29) is 17.8 Å². The van der Waals surface area contributed by atoms with Gasteiger partial charge >= 0.3 is 0 Å². The van der Waals surface area contributed by atoms with Gasteiger partial charge in [0.05, 0.1) is 17.6 Å². The molecule has 0 aliphatic carbocycles. The van der Waals surface area contributed by atoms with Gasteiger partial charge in [0.25, 0.3) is 0 Å². The summed E-state index contributed by atoms with van der Waals surface area (Å²) in [5, 5.41) is 11.2. The van der Waals surface area contributed by atoms with Gasteiger partial charge in [-0.15, -0.1) is 11.8 Å². The number of ether oxygens (including phenoxy) is 1. The molecule has 36 heavy (non-hydrogen) atoms. The first-order chi connectivity index (χ1) is 17.4. The van der Waals surface area contributed by atoms with Crippen LogP contribution >= 0.6 is 23.4 Å². The predicted octanol–water partition coefficient (Wildman–Crippen LogP) is 7.08. The van der Waals surface area contributed by atoms with Crippen LogP contribution < -0.4 is 4.74 Å². The first-order valence-electron chi connectivity index (χ1n) is 12.4. The minimum absolute atomic E-state index is 0.0572. The molecular formula is C28H33ClF2N2O2S. The van der Waals surface area contributed by atoms with E-state index in [4.69, 9.17) is 16.3 Å². The fraction of sp³-hybridized carbons (Fsp3) is 0.464. The third kappa shape index (κ3) is 6.68. The summed E-state index contributed by atoms with van der Waals surface area (Å²) in [4.78, 5) is 7.68. The number of rotatable bonds is 11. The molecule has 1 saturated heterocycles. The smallest absolute Gasteiger partial charge is 0.127 e. The van der Waals surface area contributed by atoms with Crippen LogP contribution in [0.5, 0.6) is 5.75 Å². The van der Waals surface area contributed by atoms with Gasteiger partial charge < -0.3 is 14.7 Å². The molecule has 8 heteroatoms. The van der Waals surface area contributed by atoms with Gasteiger partial charge in [0.2, 0.25) is 0 Å². The highest BCUT2D eigenvalue weighted by Crippen LogP contribution is 2.42. The lowest BCUT2D eigenvalue weighted by Gasteiger charge is -2.41. The summed E-state index contributed by atoms with van der Waals surface area (Å²) in [5.41, 5.74) is 0.852. The number of halogens is 3. The molecule has 1 N–H and O–H groups in total. The molecule has 0 radical (unpaired) electrons. The fourth-order valence-electron chi connectivity index (χ4n) is 4.96. The normalized spacial score (nSPS) is 16.8. The van der Waals surface area contributed by atoms with Crippen LogP contribution in [0.2, 0.25) is 5.02 Å². The van der Waals surface area contributed by atoms with Crippen molar-refractivity contribution >= 4 is 34.3 Å². The standard InChI is InChI=1S/C28H33ClF2N2O2S/c1-35-21-6-7-26-23(17-21)27(24(29)18-32-26)25(31)8-9-28(19-34)10-13-33(14-11-28)12-3-15-36-22-5-2-4-20(30)16-22/h2,4-7,16-18,25,34H,3,8-15,19H2,1H3/t25-/m0/s1. The number of fused-ring (bicyclic) bond motifs is 1. The zero-order valence-electron chi connectivity index (χ0n) is 20.6. The van der Waals surface area contributed by atoms with E-state index in [1.807, 2.05) is 12.1 Å². The molecule has 4 rings (SSSR count). The molecule has 2 heterocycles. The van der Waals surface area contributed by atoms with Gasteiger partial charge in [-0.2, -0.15) is 0 Å². The molecule has 0 saturated carbocycles. The van der Waals surface area contributed by atoms with E-state index in [0.717, 1.165) is 49.5 Å². The molecule has 194 valence electrons. The molecule has 4 nitrogen and oxygen atoms in total. The Labute approximate surface area is 221 Å². The summed E-state index contributed by atoms with van der Waals surface area (Å²) >= 11 is 8.06. The molecule has 0 amide bonds. The van der Waals surface area contributed by atoms with E-state index in [0.29, 0.717) is 40.1 Å². The zero-order chi connectivity index (χ0) is 25.5. The Balaban J connectivity index is 1.29. The van der Waals surface area contributed by atoms with E-state index in [1.54, 1.807) is 43.1 Å². The van der Waals surface area contributed by atoms with Crippen LogP contribution in [0.1, 0.15) is 43.8 Å². The first kappa shape index (κ1) is 27.1. The zero-order valence-corrected chi connectivity index (χ0v) is 22.1. The van der Waals surface area contributed by atoms with Gasteiger partial charge in [0.1, 0.15) is 17.7 Å². The summed E-state index contributed by atoms with van der Waals surface area (Å²) < 4.78 is 34.2. The second kappa shape index (κ2) is 12.5. The van der Waals surface area contributed by atoms with Gasteiger partial charge in [0.15, 0.2) is 0 Å².